The van der Waals surface area contributed by atoms with E-state index < -0.39 is 0 Å². The summed E-state index contributed by atoms with van der Waals surface area (Å²) in [5, 5.41) is 3.38. The van der Waals surface area contributed by atoms with Gasteiger partial charge in [-0.3, -0.25) is 0 Å². The number of rotatable bonds is 6. The van der Waals surface area contributed by atoms with Gasteiger partial charge in [-0.05, 0) is 0 Å². The molecule has 1 nitrogen and oxygen atoms in total. The Morgan fingerprint density at radius 1 is 0.634 bits per heavy atom. The van der Waals surface area contributed by atoms with Gasteiger partial charge < -0.3 is 0 Å². The smallest absolute Gasteiger partial charge is 0.0683 e. The van der Waals surface area contributed by atoms with Gasteiger partial charge in [0.25, 0.3) is 0 Å². The topological polar surface area (TPSA) is 13.1 Å². The molecule has 41 heavy (non-hydrogen) atoms. The number of hydrogen-bond donors (Lipinski definition) is 0. The molecule has 0 saturated heterocycles. The third kappa shape index (κ3) is 6.00. The summed E-state index contributed by atoms with van der Waals surface area (Å²) in [7, 11) is 0. The van der Waals surface area contributed by atoms with Crippen LogP contribution in [-0.2, 0) is 0 Å². The maximum atomic E-state index is 6.52. The molecule has 0 aliphatic heterocycles. The van der Waals surface area contributed by atoms with Crippen LogP contribution < -0.4 is 0 Å². The van der Waals surface area contributed by atoms with E-state index in [0.717, 1.165) is 66.1 Å². The molecule has 0 atom stereocenters. The molecule has 0 saturated carbocycles. The zero-order valence-corrected chi connectivity index (χ0v) is 24.3. The fraction of sp³-hybridized carbons (Fsp3) is 0.105. The Kier molecular flexibility index (Phi) is 8.75. The second kappa shape index (κ2) is 12.8. The number of fused-ring (bicyclic) bond motifs is 3. The molecule has 0 unspecified atom stereocenters. The fourth-order valence-corrected chi connectivity index (χ4v) is 5.20. The summed E-state index contributed by atoms with van der Waals surface area (Å²) in [6.07, 6.45) is 0. The van der Waals surface area contributed by atoms with Crippen LogP contribution >= 0.6 is 0 Å². The average Bonchev–Trinajstić information content (AvgIpc) is 3.41. The van der Waals surface area contributed by atoms with Crippen LogP contribution in [0, 0.1) is 6.92 Å². The molecule has 0 spiro atoms. The second-order valence-electron chi connectivity index (χ2n) is 10.0. The largest absolute Gasteiger partial charge is 0.0683 e. The zero-order valence-electron chi connectivity index (χ0n) is 24.3. The number of benzene rings is 5. The Morgan fingerprint density at radius 3 is 1.93 bits per heavy atom. The third-order valence-corrected chi connectivity index (χ3v) is 7.27. The molecule has 198 valence electrons. The predicted molar refractivity (Wildman–Crippen MR) is 183 cm³/mol. The molecule has 3 heteroatoms. The van der Waals surface area contributed by atoms with Crippen LogP contribution in [0.25, 0.3) is 38.5 Å². The first-order chi connectivity index (χ1) is 20.1. The average molecular weight is 528 g/mol. The minimum absolute atomic E-state index is 0.906. The fourth-order valence-electron chi connectivity index (χ4n) is 5.20. The van der Waals surface area contributed by atoms with E-state index in [-0.39, 0.29) is 0 Å². The summed E-state index contributed by atoms with van der Waals surface area (Å²) >= 11 is 0. The summed E-state index contributed by atoms with van der Waals surface area (Å²) in [6.45, 7) is 17.1. The van der Waals surface area contributed by atoms with E-state index in [0.29, 0.717) is 0 Å². The monoisotopic (exact) mass is 528 g/mol. The van der Waals surface area contributed by atoms with Gasteiger partial charge in [-0.2, -0.15) is 0 Å². The molecule has 0 N–H and O–H groups in total. The number of furan rings is 1. The van der Waals surface area contributed by atoms with Gasteiger partial charge in [-0.15, -0.1) is 0 Å². The molecule has 0 amide bonds. The molecule has 1 heterocycles. The normalized spacial score (nSPS) is 11.4. The number of hydrogen-bond acceptors (Lipinski definition) is 1. The number of para-hydroxylation sites is 1. The van der Waals surface area contributed by atoms with Crippen LogP contribution in [-0.4, -0.2) is 24.7 Å². The first kappa shape index (κ1) is 28.1. The third-order valence-electron chi connectivity index (χ3n) is 7.27. The second-order valence-corrected chi connectivity index (χ2v) is 10.0. The molecular weight excluding hydrogens is 494 g/mol. The first-order valence-electron chi connectivity index (χ1n) is 14.3. The maximum Gasteiger partial charge on any atom is -0.0683 e. The van der Waals surface area contributed by atoms with E-state index in [2.05, 4.69) is 125 Å². The molecule has 0 fully saturated rings. The van der Waals surface area contributed by atoms with Crippen molar-refractivity contribution in [3.63, 3.8) is 0 Å². The Labute approximate surface area is 245 Å². The molecule has 0 bridgehead atoms. The van der Waals surface area contributed by atoms with E-state index in [1.807, 2.05) is 44.2 Å². The molecule has 6 aromatic rings. The van der Waals surface area contributed by atoms with Gasteiger partial charge in [-0.25, -0.2) is 0 Å². The molecule has 0 aliphatic carbocycles. The quantitative estimate of drug-likeness (QED) is 0.196. The van der Waals surface area contributed by atoms with Crippen molar-refractivity contribution in [3.8, 4) is 11.1 Å². The summed E-state index contributed by atoms with van der Waals surface area (Å²) in [4.78, 5) is 0. The first-order valence-corrected chi connectivity index (χ1v) is 14.3. The van der Waals surface area contributed by atoms with Crippen LogP contribution in [0.5, 0.6) is 0 Å². The van der Waals surface area contributed by atoms with Gasteiger partial charge in [0.1, 0.15) is 0 Å². The number of aryl methyl sites for hydroxylation is 1. The summed E-state index contributed by atoms with van der Waals surface area (Å²) in [5.41, 5.74) is 10.9. The van der Waals surface area contributed by atoms with E-state index in [1.54, 1.807) is 0 Å². The standard InChI is InChI=1S/C36H28B2O.C2H6/c1-24-18-20-28(21-19-24)34-30(22-23-32-31-16-10-11-17-33(31)39-35(32)34)26(3)38-36(29-14-8-5-9-15-29)37-25(2)27-12-6-4-7-13-27;1-2/h4-23H,2H2,1,3H3;1-2H3. The van der Waals surface area contributed by atoms with E-state index >= 15 is 0 Å². The van der Waals surface area contributed by atoms with Crippen LogP contribution in [0.15, 0.2) is 132 Å². The van der Waals surface area contributed by atoms with Gasteiger partial charge in [0.05, 0.1) is 0 Å². The summed E-state index contributed by atoms with van der Waals surface area (Å²) in [5.74, 6) is 0. The van der Waals surface area contributed by atoms with Crippen LogP contribution in [0.1, 0.15) is 43.0 Å². The summed E-state index contributed by atoms with van der Waals surface area (Å²) < 4.78 is 6.52. The van der Waals surface area contributed by atoms with E-state index in [1.165, 1.54) is 5.56 Å². The Morgan fingerprint density at radius 2 is 1.24 bits per heavy atom. The van der Waals surface area contributed by atoms with Gasteiger partial charge in [0.2, 0.25) is 0 Å². The Bertz CT molecular complexity index is 1860. The van der Waals surface area contributed by atoms with Gasteiger partial charge in [0, 0.05) is 0 Å². The van der Waals surface area contributed by atoms with Crippen LogP contribution in [0.2, 0.25) is 0 Å². The van der Waals surface area contributed by atoms with Crippen LogP contribution in [0.3, 0.4) is 0 Å². The zero-order chi connectivity index (χ0) is 28.8. The molecule has 5 aromatic carbocycles. The molecular formula is C38H34B2O. The minimum atomic E-state index is 0.906. The van der Waals surface area contributed by atoms with Gasteiger partial charge in [-0.1, -0.05) is 13.8 Å². The summed E-state index contributed by atoms with van der Waals surface area (Å²) in [6, 6.07) is 42.3. The van der Waals surface area contributed by atoms with Crippen molar-refractivity contribution in [3.05, 3.63) is 150 Å². The van der Waals surface area contributed by atoms with Crippen LogP contribution in [0.4, 0.5) is 0 Å². The Hall–Kier alpha value is -4.49. The predicted octanol–water partition coefficient (Wildman–Crippen LogP) is 9.39. The van der Waals surface area contributed by atoms with Crippen molar-refractivity contribution in [1.82, 2.24) is 0 Å². The molecule has 0 aliphatic rings. The maximum absolute atomic E-state index is 6.52. The SMILES string of the molecule is C=C(B=C(B=C(C)c1ccc2c(oc3ccccc32)c1-c1ccc(C)cc1)c1ccccc1)c1ccccc1.CC. The van der Waals surface area contributed by atoms with E-state index in [9.17, 15) is 0 Å². The van der Waals surface area contributed by atoms with Crippen molar-refractivity contribution in [2.45, 2.75) is 27.7 Å². The van der Waals surface area contributed by atoms with Crippen molar-refractivity contribution in [2.75, 3.05) is 0 Å². The van der Waals surface area contributed by atoms with Crippen molar-refractivity contribution in [2.24, 2.45) is 0 Å². The molecule has 0 radical (unpaired) electrons. The molecule has 1 aromatic heterocycles. The minimum Gasteiger partial charge on any atom is -0.0683 e. The van der Waals surface area contributed by atoms with Crippen molar-refractivity contribution < 1.29 is 4.42 Å². The van der Waals surface area contributed by atoms with E-state index in [4.69, 9.17) is 4.42 Å². The molecule has 6 rings (SSSR count). The van der Waals surface area contributed by atoms with Crippen molar-refractivity contribution in [1.29, 1.82) is 0 Å². The van der Waals surface area contributed by atoms with Crippen molar-refractivity contribution >= 4 is 52.1 Å². The van der Waals surface area contributed by atoms with Gasteiger partial charge in [0.15, 0.2) is 0 Å². The Balaban J connectivity index is 0.00000165. The van der Waals surface area contributed by atoms with Gasteiger partial charge >= 0.3 is 232 Å².